The second-order valence-electron chi connectivity index (χ2n) is 6.31. The topological polar surface area (TPSA) is 33.1 Å². The van der Waals surface area contributed by atoms with Crippen LogP contribution in [0.4, 0.5) is 0 Å². The smallest absolute Gasteiger partial charge is 0.126 e. The van der Waals surface area contributed by atoms with Crippen molar-refractivity contribution in [1.29, 1.82) is 0 Å². The lowest BCUT2D eigenvalue weighted by Gasteiger charge is -2.24. The lowest BCUT2D eigenvalue weighted by atomic mass is 10.2. The number of para-hydroxylation sites is 2. The zero-order valence-electron chi connectivity index (χ0n) is 13.3. The molecule has 1 aromatic carbocycles. The van der Waals surface area contributed by atoms with Crippen LogP contribution in [0.2, 0.25) is 0 Å². The third kappa shape index (κ3) is 3.11. The number of aryl methyl sites for hydroxylation is 1. The van der Waals surface area contributed by atoms with Gasteiger partial charge in [0.1, 0.15) is 5.82 Å². The van der Waals surface area contributed by atoms with Crippen LogP contribution in [0.25, 0.3) is 11.0 Å². The van der Waals surface area contributed by atoms with Crippen LogP contribution in [-0.4, -0.2) is 40.1 Å². The molecule has 2 unspecified atom stereocenters. The van der Waals surface area contributed by atoms with Gasteiger partial charge in [0.25, 0.3) is 0 Å². The minimum Gasteiger partial charge on any atom is -0.330 e. The molecule has 3 rings (SSSR count). The molecule has 21 heavy (non-hydrogen) atoms. The van der Waals surface area contributed by atoms with Crippen molar-refractivity contribution in [3.05, 3.63) is 30.1 Å². The van der Waals surface area contributed by atoms with Gasteiger partial charge in [0.2, 0.25) is 0 Å². The van der Waals surface area contributed by atoms with Gasteiger partial charge in [-0.05, 0) is 51.9 Å². The van der Waals surface area contributed by atoms with E-state index in [1.54, 1.807) is 0 Å². The van der Waals surface area contributed by atoms with Crippen LogP contribution in [0.5, 0.6) is 0 Å². The van der Waals surface area contributed by atoms with Crippen LogP contribution in [0.3, 0.4) is 0 Å². The molecular weight excluding hydrogens is 260 g/mol. The number of aromatic nitrogens is 2. The maximum absolute atomic E-state index is 4.78. The molecule has 0 amide bonds. The molecule has 1 aliphatic rings. The molecule has 4 nitrogen and oxygen atoms in total. The number of hydrogen-bond donors (Lipinski definition) is 1. The lowest BCUT2D eigenvalue weighted by Crippen LogP contribution is -2.39. The summed E-state index contributed by atoms with van der Waals surface area (Å²) in [6.45, 7) is 8.13. The van der Waals surface area contributed by atoms with E-state index in [-0.39, 0.29) is 6.04 Å². The first-order chi connectivity index (χ1) is 10.1. The fraction of sp³-hybridized carbons (Fsp3) is 0.588. The van der Waals surface area contributed by atoms with Crippen molar-refractivity contribution in [2.45, 2.75) is 38.8 Å². The second-order valence-corrected chi connectivity index (χ2v) is 6.31. The van der Waals surface area contributed by atoms with Gasteiger partial charge in [-0.1, -0.05) is 12.1 Å². The average Bonchev–Trinajstić information content (AvgIpc) is 3.07. The number of fused-ring (bicyclic) bond motifs is 1. The molecule has 2 atom stereocenters. The predicted octanol–water partition coefficient (Wildman–Crippen LogP) is 2.71. The average molecular weight is 286 g/mol. The normalized spacial score (nSPS) is 19.2. The minimum absolute atomic E-state index is 0.264. The highest BCUT2D eigenvalue weighted by Gasteiger charge is 2.19. The maximum atomic E-state index is 4.78. The summed E-state index contributed by atoms with van der Waals surface area (Å²) in [6, 6.07) is 9.08. The lowest BCUT2D eigenvalue weighted by molar-refractivity contribution is 0.287. The van der Waals surface area contributed by atoms with Crippen molar-refractivity contribution in [2.24, 2.45) is 7.05 Å². The number of nitrogens with zero attached hydrogens (tertiary/aromatic N) is 3. The van der Waals surface area contributed by atoms with Crippen LogP contribution < -0.4 is 5.32 Å². The van der Waals surface area contributed by atoms with Gasteiger partial charge in [0.15, 0.2) is 0 Å². The number of benzene rings is 1. The third-order valence-corrected chi connectivity index (χ3v) is 4.47. The summed E-state index contributed by atoms with van der Waals surface area (Å²) in [5.74, 6) is 1.12. The molecule has 0 radical (unpaired) electrons. The molecule has 1 fully saturated rings. The van der Waals surface area contributed by atoms with Gasteiger partial charge in [0, 0.05) is 19.6 Å². The van der Waals surface area contributed by atoms with E-state index in [1.807, 2.05) is 6.07 Å². The SMILES string of the molecule is CC(CN1CCCC1)NC(C)c1nc2ccccc2n1C. The van der Waals surface area contributed by atoms with Crippen molar-refractivity contribution in [2.75, 3.05) is 19.6 Å². The summed E-state index contributed by atoms with van der Waals surface area (Å²) < 4.78 is 2.20. The molecule has 1 aromatic heterocycles. The number of nitrogens with one attached hydrogen (secondary N) is 1. The zero-order chi connectivity index (χ0) is 14.8. The van der Waals surface area contributed by atoms with Crippen molar-refractivity contribution < 1.29 is 0 Å². The standard InChI is InChI=1S/C17H26N4/c1-13(12-21-10-6-7-11-21)18-14(2)17-19-15-8-4-5-9-16(15)20(17)3/h4-5,8-9,13-14,18H,6-7,10-12H2,1-3H3. The molecule has 1 N–H and O–H groups in total. The van der Waals surface area contributed by atoms with E-state index >= 15 is 0 Å². The van der Waals surface area contributed by atoms with E-state index in [9.17, 15) is 0 Å². The summed E-state index contributed by atoms with van der Waals surface area (Å²) >= 11 is 0. The van der Waals surface area contributed by atoms with E-state index in [2.05, 4.69) is 53.9 Å². The monoisotopic (exact) mass is 286 g/mol. The van der Waals surface area contributed by atoms with Gasteiger partial charge < -0.3 is 14.8 Å². The fourth-order valence-corrected chi connectivity index (χ4v) is 3.46. The highest BCUT2D eigenvalue weighted by molar-refractivity contribution is 5.75. The van der Waals surface area contributed by atoms with Gasteiger partial charge in [0.05, 0.1) is 17.1 Å². The summed E-state index contributed by atoms with van der Waals surface area (Å²) in [5, 5.41) is 3.70. The predicted molar refractivity (Wildman–Crippen MR) is 87.4 cm³/mol. The zero-order valence-corrected chi connectivity index (χ0v) is 13.3. The minimum atomic E-state index is 0.264. The Morgan fingerprint density at radius 1 is 1.19 bits per heavy atom. The summed E-state index contributed by atoms with van der Waals surface area (Å²) in [5.41, 5.74) is 2.28. The van der Waals surface area contributed by atoms with Crippen LogP contribution in [0.1, 0.15) is 38.6 Å². The molecule has 1 aliphatic heterocycles. The Kier molecular flexibility index (Phi) is 4.27. The quantitative estimate of drug-likeness (QED) is 0.917. The highest BCUT2D eigenvalue weighted by atomic mass is 15.2. The van der Waals surface area contributed by atoms with Gasteiger partial charge in [-0.15, -0.1) is 0 Å². The largest absolute Gasteiger partial charge is 0.330 e. The maximum Gasteiger partial charge on any atom is 0.126 e. The van der Waals surface area contributed by atoms with Crippen LogP contribution in [-0.2, 0) is 7.05 Å². The number of hydrogen-bond acceptors (Lipinski definition) is 3. The highest BCUT2D eigenvalue weighted by Crippen LogP contribution is 2.19. The first-order valence-electron chi connectivity index (χ1n) is 8.05. The number of rotatable bonds is 5. The van der Waals surface area contributed by atoms with Crippen LogP contribution >= 0.6 is 0 Å². The number of likely N-dealkylation sites (tertiary alicyclic amines) is 1. The molecule has 0 bridgehead atoms. The van der Waals surface area contributed by atoms with Gasteiger partial charge in [-0.3, -0.25) is 0 Å². The molecule has 0 aliphatic carbocycles. The van der Waals surface area contributed by atoms with Crippen molar-refractivity contribution >= 4 is 11.0 Å². The molecule has 4 heteroatoms. The third-order valence-electron chi connectivity index (χ3n) is 4.47. The van der Waals surface area contributed by atoms with E-state index < -0.39 is 0 Å². The van der Waals surface area contributed by atoms with E-state index in [0.29, 0.717) is 6.04 Å². The van der Waals surface area contributed by atoms with Crippen molar-refractivity contribution in [3.63, 3.8) is 0 Å². The Labute approximate surface area is 127 Å². The number of imidazole rings is 1. The summed E-state index contributed by atoms with van der Waals surface area (Å²) in [7, 11) is 2.11. The Morgan fingerprint density at radius 2 is 1.90 bits per heavy atom. The molecular formula is C17H26N4. The van der Waals surface area contributed by atoms with E-state index in [0.717, 1.165) is 17.9 Å². The summed E-state index contributed by atoms with van der Waals surface area (Å²) in [6.07, 6.45) is 2.71. The van der Waals surface area contributed by atoms with Gasteiger partial charge >= 0.3 is 0 Å². The Balaban J connectivity index is 1.68. The molecule has 0 spiro atoms. The first-order valence-corrected chi connectivity index (χ1v) is 8.05. The second kappa shape index (κ2) is 6.16. The molecule has 1 saturated heterocycles. The van der Waals surface area contributed by atoms with Gasteiger partial charge in [-0.2, -0.15) is 0 Å². The first kappa shape index (κ1) is 14.5. The Hall–Kier alpha value is -1.39. The van der Waals surface area contributed by atoms with E-state index in [1.165, 1.54) is 31.4 Å². The van der Waals surface area contributed by atoms with E-state index in [4.69, 9.17) is 4.98 Å². The fourth-order valence-electron chi connectivity index (χ4n) is 3.46. The summed E-state index contributed by atoms with van der Waals surface area (Å²) in [4.78, 5) is 7.34. The van der Waals surface area contributed by atoms with Crippen molar-refractivity contribution in [1.82, 2.24) is 19.8 Å². The molecule has 0 saturated carbocycles. The Morgan fingerprint density at radius 3 is 2.62 bits per heavy atom. The van der Waals surface area contributed by atoms with Crippen LogP contribution in [0, 0.1) is 0 Å². The Bertz CT molecular complexity index is 598. The van der Waals surface area contributed by atoms with Crippen molar-refractivity contribution in [3.8, 4) is 0 Å². The molecule has 2 heterocycles. The molecule has 2 aromatic rings. The van der Waals surface area contributed by atoms with Crippen LogP contribution in [0.15, 0.2) is 24.3 Å². The van der Waals surface area contributed by atoms with Gasteiger partial charge in [-0.25, -0.2) is 4.98 Å². The molecule has 114 valence electrons.